The third-order valence-electron chi connectivity index (χ3n) is 6.56. The van der Waals surface area contributed by atoms with E-state index >= 15 is 0 Å². The molecule has 3 heterocycles. The molecule has 0 radical (unpaired) electrons. The average Bonchev–Trinajstić information content (AvgIpc) is 3.47. The molecule has 2 N–H and O–H groups in total. The van der Waals surface area contributed by atoms with Gasteiger partial charge in [0.05, 0.1) is 22.2 Å². The second kappa shape index (κ2) is 10.5. The number of ether oxygens (including phenoxy) is 1. The molecule has 0 spiro atoms. The van der Waals surface area contributed by atoms with Crippen LogP contribution in [0.2, 0.25) is 0 Å². The lowest BCUT2D eigenvalue weighted by Crippen LogP contribution is -2.24. The zero-order valence-corrected chi connectivity index (χ0v) is 21.5. The molecule has 0 saturated heterocycles. The number of alkyl halides is 3. The van der Waals surface area contributed by atoms with Crippen molar-refractivity contribution in [3.8, 4) is 28.7 Å². The number of pyridine rings is 1. The molecule has 0 aliphatic heterocycles. The van der Waals surface area contributed by atoms with E-state index < -0.39 is 12.4 Å². The summed E-state index contributed by atoms with van der Waals surface area (Å²) in [5.74, 6) is 3.76. The Morgan fingerprint density at radius 1 is 1.13 bits per heavy atom. The number of hydrogen-bond donors (Lipinski definition) is 2. The van der Waals surface area contributed by atoms with Crippen molar-refractivity contribution in [2.75, 3.05) is 10.6 Å². The Balaban J connectivity index is 1.47. The summed E-state index contributed by atoms with van der Waals surface area (Å²) in [6, 6.07) is 6.92. The van der Waals surface area contributed by atoms with Crippen molar-refractivity contribution in [3.63, 3.8) is 0 Å². The molecule has 1 saturated carbocycles. The topological polar surface area (TPSA) is 84.9 Å². The minimum atomic E-state index is -4.77. The molecule has 1 aliphatic carbocycles. The van der Waals surface area contributed by atoms with Crippen molar-refractivity contribution >= 4 is 33.3 Å². The molecule has 0 bridgehead atoms. The lowest BCUT2D eigenvalue weighted by molar-refractivity contribution is -0.274. The summed E-state index contributed by atoms with van der Waals surface area (Å²) < 4.78 is 42.5. The summed E-state index contributed by atoms with van der Waals surface area (Å²) in [5, 5.41) is 7.57. The molecule has 1 aromatic carbocycles. The number of halogens is 3. The average molecular weight is 539 g/mol. The summed E-state index contributed by atoms with van der Waals surface area (Å²) in [6.07, 6.45) is 7.80. The van der Waals surface area contributed by atoms with Gasteiger partial charge < -0.3 is 15.4 Å². The number of anilines is 2. The van der Waals surface area contributed by atoms with Gasteiger partial charge in [0.15, 0.2) is 0 Å². The highest BCUT2D eigenvalue weighted by atomic mass is 32.1. The van der Waals surface area contributed by atoms with Crippen LogP contribution in [-0.2, 0) is 0 Å². The number of fused-ring (bicyclic) bond motifs is 1. The van der Waals surface area contributed by atoms with Crippen LogP contribution in [0, 0.1) is 25.2 Å². The Kier molecular flexibility index (Phi) is 7.08. The number of nitrogens with zero attached hydrogens (tertiary/aromatic N) is 4. The van der Waals surface area contributed by atoms with Gasteiger partial charge in [0.2, 0.25) is 5.95 Å². The van der Waals surface area contributed by atoms with Crippen molar-refractivity contribution in [1.29, 1.82) is 0 Å². The summed E-state index contributed by atoms with van der Waals surface area (Å²) in [4.78, 5) is 18.4. The molecule has 1 aliphatic rings. The second-order valence-electron chi connectivity index (χ2n) is 9.24. The van der Waals surface area contributed by atoms with E-state index in [-0.39, 0.29) is 11.8 Å². The summed E-state index contributed by atoms with van der Waals surface area (Å²) in [6.45, 7) is 4.12. The third kappa shape index (κ3) is 5.65. The number of hydrogen-bond acceptors (Lipinski definition) is 8. The van der Waals surface area contributed by atoms with Gasteiger partial charge in [-0.1, -0.05) is 31.4 Å². The minimum absolute atomic E-state index is 0.261. The van der Waals surface area contributed by atoms with Crippen LogP contribution in [0.3, 0.4) is 0 Å². The standard InChI is InChI=1S/C27H25F3N6OS/c1-4-19(17-8-10-18(11-9-17)37-27(28,29)30)35-26-32-16(3)23(24(36-26)33-20-7-5-6-15(20)2)25-34-21-14-31-13-12-22(21)38-25/h1,8-15,19-20H,5-7H2,2-3H3,(H2,32,33,35,36)/t15-,19+,20+/m0/s1. The molecule has 4 aromatic rings. The maximum atomic E-state index is 12.5. The van der Waals surface area contributed by atoms with Crippen molar-refractivity contribution in [2.45, 2.75) is 51.6 Å². The number of aryl methyl sites for hydroxylation is 1. The van der Waals surface area contributed by atoms with Crippen LogP contribution in [0.1, 0.15) is 43.5 Å². The largest absolute Gasteiger partial charge is 0.573 e. The van der Waals surface area contributed by atoms with Crippen LogP contribution in [0.5, 0.6) is 5.75 Å². The van der Waals surface area contributed by atoms with E-state index in [1.807, 2.05) is 13.0 Å². The van der Waals surface area contributed by atoms with Crippen LogP contribution in [0.4, 0.5) is 24.9 Å². The summed E-state index contributed by atoms with van der Waals surface area (Å²) in [7, 11) is 0. The molecule has 1 fully saturated rings. The van der Waals surface area contributed by atoms with Gasteiger partial charge in [-0.05, 0) is 49.4 Å². The Bertz CT molecular complexity index is 1450. The molecule has 3 aromatic heterocycles. The van der Waals surface area contributed by atoms with Gasteiger partial charge in [-0.2, -0.15) is 4.98 Å². The highest BCUT2D eigenvalue weighted by Crippen LogP contribution is 2.38. The summed E-state index contributed by atoms with van der Waals surface area (Å²) >= 11 is 1.55. The highest BCUT2D eigenvalue weighted by molar-refractivity contribution is 7.21. The van der Waals surface area contributed by atoms with E-state index in [1.165, 1.54) is 24.3 Å². The molecule has 196 valence electrons. The first-order chi connectivity index (χ1) is 18.2. The molecular weight excluding hydrogens is 513 g/mol. The third-order valence-corrected chi connectivity index (χ3v) is 7.62. The van der Waals surface area contributed by atoms with Gasteiger partial charge in [-0.15, -0.1) is 30.9 Å². The molecule has 0 amide bonds. The number of aromatic nitrogens is 4. The fraction of sp³-hybridized carbons (Fsp3) is 0.333. The molecule has 11 heteroatoms. The van der Waals surface area contributed by atoms with Crippen LogP contribution < -0.4 is 15.4 Å². The molecule has 0 unspecified atom stereocenters. The summed E-state index contributed by atoms with van der Waals surface area (Å²) in [5.41, 5.74) is 2.92. The second-order valence-corrected chi connectivity index (χ2v) is 10.3. The predicted octanol–water partition coefficient (Wildman–Crippen LogP) is 6.74. The first-order valence-electron chi connectivity index (χ1n) is 12.1. The Hall–Kier alpha value is -3.91. The maximum Gasteiger partial charge on any atom is 0.573 e. The van der Waals surface area contributed by atoms with Gasteiger partial charge >= 0.3 is 6.36 Å². The number of nitrogens with one attached hydrogen (secondary N) is 2. The number of benzene rings is 1. The van der Waals surface area contributed by atoms with E-state index in [2.05, 4.69) is 38.2 Å². The number of thiazole rings is 1. The smallest absolute Gasteiger partial charge is 0.406 e. The van der Waals surface area contributed by atoms with Gasteiger partial charge in [0.25, 0.3) is 0 Å². The number of rotatable bonds is 7. The Morgan fingerprint density at radius 2 is 1.92 bits per heavy atom. The van der Waals surface area contributed by atoms with Crippen LogP contribution in [0.15, 0.2) is 42.7 Å². The van der Waals surface area contributed by atoms with Crippen molar-refractivity contribution in [3.05, 3.63) is 54.0 Å². The fourth-order valence-electron chi connectivity index (χ4n) is 4.63. The van der Waals surface area contributed by atoms with Crippen LogP contribution in [-0.4, -0.2) is 32.3 Å². The van der Waals surface area contributed by atoms with E-state index in [4.69, 9.17) is 16.4 Å². The normalized spacial score (nSPS) is 18.2. The molecule has 7 nitrogen and oxygen atoms in total. The van der Waals surface area contributed by atoms with Gasteiger partial charge in [-0.3, -0.25) is 4.98 Å². The lowest BCUT2D eigenvalue weighted by Gasteiger charge is -2.22. The predicted molar refractivity (Wildman–Crippen MR) is 142 cm³/mol. The monoisotopic (exact) mass is 538 g/mol. The van der Waals surface area contributed by atoms with Crippen molar-refractivity contribution in [2.24, 2.45) is 5.92 Å². The van der Waals surface area contributed by atoms with Gasteiger partial charge in [0, 0.05) is 12.2 Å². The number of terminal acetylenes is 1. The molecule has 3 atom stereocenters. The van der Waals surface area contributed by atoms with Crippen molar-refractivity contribution in [1.82, 2.24) is 19.9 Å². The fourth-order valence-corrected chi connectivity index (χ4v) is 5.66. The maximum absolute atomic E-state index is 12.5. The van der Waals surface area contributed by atoms with Gasteiger partial charge in [-0.25, -0.2) is 9.97 Å². The molecular formula is C27H25F3N6OS. The van der Waals surface area contributed by atoms with Crippen LogP contribution >= 0.6 is 11.3 Å². The van der Waals surface area contributed by atoms with Gasteiger partial charge in [0.1, 0.15) is 28.1 Å². The first kappa shape index (κ1) is 25.7. The van der Waals surface area contributed by atoms with E-state index in [1.54, 1.807) is 23.7 Å². The highest BCUT2D eigenvalue weighted by Gasteiger charge is 2.31. The van der Waals surface area contributed by atoms with E-state index in [0.29, 0.717) is 28.9 Å². The first-order valence-corrected chi connectivity index (χ1v) is 13.0. The lowest BCUT2D eigenvalue weighted by atomic mass is 10.1. The molecule has 5 rings (SSSR count). The zero-order valence-electron chi connectivity index (χ0n) is 20.7. The minimum Gasteiger partial charge on any atom is -0.406 e. The Labute approximate surface area is 221 Å². The van der Waals surface area contributed by atoms with Crippen molar-refractivity contribution < 1.29 is 17.9 Å². The quantitative estimate of drug-likeness (QED) is 0.252. The van der Waals surface area contributed by atoms with Crippen LogP contribution in [0.25, 0.3) is 20.8 Å². The van der Waals surface area contributed by atoms with E-state index in [9.17, 15) is 13.2 Å². The van der Waals surface area contributed by atoms with E-state index in [0.717, 1.165) is 40.1 Å². The Morgan fingerprint density at radius 3 is 2.58 bits per heavy atom. The SMILES string of the molecule is C#C[C@@H](Nc1nc(C)c(-c2nc3cnccc3s2)c(N[C@@H]2CCC[C@@H]2C)n1)c1ccc(OC(F)(F)F)cc1. The zero-order chi connectivity index (χ0) is 26.9. The molecule has 38 heavy (non-hydrogen) atoms.